The van der Waals surface area contributed by atoms with Crippen LogP contribution in [0, 0.1) is 0 Å². The summed E-state index contributed by atoms with van der Waals surface area (Å²) in [7, 11) is 0. The van der Waals surface area contributed by atoms with Crippen molar-refractivity contribution in [1.82, 2.24) is 30.3 Å². The van der Waals surface area contributed by atoms with E-state index in [-0.39, 0.29) is 11.6 Å². The summed E-state index contributed by atoms with van der Waals surface area (Å²) in [5.74, 6) is 0.155. The van der Waals surface area contributed by atoms with Crippen LogP contribution >= 0.6 is 27.7 Å². The zero-order valence-corrected chi connectivity index (χ0v) is 16.1. The summed E-state index contributed by atoms with van der Waals surface area (Å²) >= 11 is 4.83. The minimum atomic E-state index is -0.294. The van der Waals surface area contributed by atoms with Crippen LogP contribution in [0.5, 0.6) is 0 Å². The number of nitrogens with zero attached hydrogens (tertiary/aromatic N) is 5. The summed E-state index contributed by atoms with van der Waals surface area (Å²) in [6, 6.07) is 9.37. The van der Waals surface area contributed by atoms with Gasteiger partial charge in [-0.15, -0.1) is 11.7 Å². The Morgan fingerprint density at radius 1 is 1.27 bits per heavy atom. The molecule has 7 nitrogen and oxygen atoms in total. The van der Waals surface area contributed by atoms with Crippen LogP contribution in [0.1, 0.15) is 16.2 Å². The molecule has 9 heteroatoms. The van der Waals surface area contributed by atoms with Gasteiger partial charge in [0.25, 0.3) is 5.91 Å². The van der Waals surface area contributed by atoms with Crippen molar-refractivity contribution < 1.29 is 4.79 Å². The number of amides is 1. The summed E-state index contributed by atoms with van der Waals surface area (Å²) in [5.41, 5.74) is 1.76. The van der Waals surface area contributed by atoms with Crippen LogP contribution in [0.3, 0.4) is 0 Å². The van der Waals surface area contributed by atoms with Crippen molar-refractivity contribution in [3.05, 3.63) is 71.2 Å². The highest BCUT2D eigenvalue weighted by Gasteiger charge is 2.20. The Kier molecular flexibility index (Phi) is 6.13. The molecule has 26 heavy (non-hydrogen) atoms. The van der Waals surface area contributed by atoms with Gasteiger partial charge < -0.3 is 5.32 Å². The molecule has 3 rings (SSSR count). The fourth-order valence-electron chi connectivity index (χ4n) is 2.14. The SMILES string of the molecule is C=CCNC(=O)c1nnn(-c2ccc(Br)cc2)c1CSc1ncccn1. The second-order valence-corrected chi connectivity index (χ2v) is 6.95. The molecule has 0 aliphatic heterocycles. The van der Waals surface area contributed by atoms with Gasteiger partial charge in [-0.2, -0.15) is 0 Å². The molecule has 3 aromatic rings. The molecule has 0 fully saturated rings. The normalized spacial score (nSPS) is 10.5. The number of carbonyl (C=O) groups excluding carboxylic acids is 1. The van der Waals surface area contributed by atoms with E-state index in [1.807, 2.05) is 24.3 Å². The van der Waals surface area contributed by atoms with Crippen molar-refractivity contribution >= 4 is 33.6 Å². The lowest BCUT2D eigenvalue weighted by molar-refractivity contribution is 0.0952. The molecule has 2 heterocycles. The van der Waals surface area contributed by atoms with E-state index < -0.39 is 0 Å². The molecule has 0 aliphatic carbocycles. The fraction of sp³-hybridized carbons (Fsp3) is 0.118. The highest BCUT2D eigenvalue weighted by atomic mass is 79.9. The smallest absolute Gasteiger partial charge is 0.274 e. The number of nitrogens with one attached hydrogen (secondary N) is 1. The molecule has 1 aromatic carbocycles. The van der Waals surface area contributed by atoms with Gasteiger partial charge in [-0.3, -0.25) is 4.79 Å². The van der Waals surface area contributed by atoms with Gasteiger partial charge in [-0.1, -0.05) is 39.0 Å². The number of carbonyl (C=O) groups is 1. The third-order valence-corrected chi connectivity index (χ3v) is 4.75. The third kappa shape index (κ3) is 4.36. The lowest BCUT2D eigenvalue weighted by Crippen LogP contribution is -2.25. The molecular weight excluding hydrogens is 416 g/mol. The average Bonchev–Trinajstić information content (AvgIpc) is 3.10. The molecule has 0 spiro atoms. The van der Waals surface area contributed by atoms with Gasteiger partial charge in [0.1, 0.15) is 0 Å². The largest absolute Gasteiger partial charge is 0.347 e. The van der Waals surface area contributed by atoms with Gasteiger partial charge in [-0.25, -0.2) is 14.6 Å². The maximum atomic E-state index is 12.4. The van der Waals surface area contributed by atoms with Gasteiger partial charge in [-0.05, 0) is 30.3 Å². The number of benzene rings is 1. The van der Waals surface area contributed by atoms with Crippen molar-refractivity contribution in [3.63, 3.8) is 0 Å². The van der Waals surface area contributed by atoms with E-state index in [2.05, 4.69) is 48.1 Å². The molecule has 1 amide bonds. The predicted molar refractivity (Wildman–Crippen MR) is 103 cm³/mol. The molecule has 0 saturated heterocycles. The van der Waals surface area contributed by atoms with Crippen molar-refractivity contribution in [2.45, 2.75) is 10.9 Å². The van der Waals surface area contributed by atoms with Crippen molar-refractivity contribution in [1.29, 1.82) is 0 Å². The van der Waals surface area contributed by atoms with E-state index in [4.69, 9.17) is 0 Å². The maximum absolute atomic E-state index is 12.4. The Hall–Kier alpha value is -2.52. The number of halogens is 1. The van der Waals surface area contributed by atoms with E-state index in [9.17, 15) is 4.79 Å². The average molecular weight is 431 g/mol. The Labute approximate surface area is 163 Å². The molecule has 0 radical (unpaired) electrons. The van der Waals surface area contributed by atoms with Crippen LogP contribution in [-0.2, 0) is 5.75 Å². The fourth-order valence-corrected chi connectivity index (χ4v) is 3.20. The van der Waals surface area contributed by atoms with E-state index in [0.717, 1.165) is 10.2 Å². The zero-order chi connectivity index (χ0) is 18.4. The van der Waals surface area contributed by atoms with Crippen LogP contribution in [0.2, 0.25) is 0 Å². The predicted octanol–water partition coefficient (Wildman–Crippen LogP) is 3.03. The standard InChI is InChI=1S/C17H15BrN6OS/c1-2-8-19-16(25)15-14(11-26-17-20-9-3-10-21-17)24(23-22-15)13-6-4-12(18)5-7-13/h2-7,9-10H,1,8,11H2,(H,19,25). The Morgan fingerprint density at radius 3 is 2.69 bits per heavy atom. The van der Waals surface area contributed by atoms with Gasteiger partial charge in [0, 0.05) is 29.2 Å². The summed E-state index contributed by atoms with van der Waals surface area (Å²) in [5, 5.41) is 11.6. The van der Waals surface area contributed by atoms with E-state index in [0.29, 0.717) is 23.1 Å². The second-order valence-electron chi connectivity index (χ2n) is 5.09. The summed E-state index contributed by atoms with van der Waals surface area (Å²) in [6.07, 6.45) is 4.97. The van der Waals surface area contributed by atoms with Crippen molar-refractivity contribution in [2.75, 3.05) is 6.54 Å². The number of rotatable bonds is 7. The first kappa shape index (κ1) is 18.3. The topological polar surface area (TPSA) is 85.6 Å². The van der Waals surface area contributed by atoms with Crippen LogP contribution in [-0.4, -0.2) is 37.4 Å². The quantitative estimate of drug-likeness (QED) is 0.352. The molecule has 0 saturated carbocycles. The molecule has 1 N–H and O–H groups in total. The first-order chi connectivity index (χ1) is 12.7. The zero-order valence-electron chi connectivity index (χ0n) is 13.7. The minimum absolute atomic E-state index is 0.276. The Bertz CT molecular complexity index is 897. The summed E-state index contributed by atoms with van der Waals surface area (Å²) < 4.78 is 2.62. The summed E-state index contributed by atoms with van der Waals surface area (Å²) in [4.78, 5) is 20.8. The second kappa shape index (κ2) is 8.72. The van der Waals surface area contributed by atoms with Gasteiger partial charge in [0.2, 0.25) is 0 Å². The van der Waals surface area contributed by atoms with Crippen LogP contribution in [0.4, 0.5) is 0 Å². The molecule has 132 valence electrons. The molecule has 2 aromatic heterocycles. The molecule has 0 aliphatic rings. The monoisotopic (exact) mass is 430 g/mol. The van der Waals surface area contributed by atoms with Gasteiger partial charge in [0.15, 0.2) is 10.9 Å². The van der Waals surface area contributed by atoms with Crippen LogP contribution in [0.15, 0.2) is 65.0 Å². The van der Waals surface area contributed by atoms with Crippen molar-refractivity contribution in [3.8, 4) is 5.69 Å². The van der Waals surface area contributed by atoms with Gasteiger partial charge in [0.05, 0.1) is 11.4 Å². The molecule has 0 atom stereocenters. The van der Waals surface area contributed by atoms with Crippen LogP contribution < -0.4 is 5.32 Å². The van der Waals surface area contributed by atoms with Crippen molar-refractivity contribution in [2.24, 2.45) is 0 Å². The minimum Gasteiger partial charge on any atom is -0.347 e. The third-order valence-electron chi connectivity index (χ3n) is 3.34. The first-order valence-corrected chi connectivity index (χ1v) is 9.46. The lowest BCUT2D eigenvalue weighted by atomic mass is 10.3. The van der Waals surface area contributed by atoms with Gasteiger partial charge >= 0.3 is 0 Å². The molecule has 0 bridgehead atoms. The van der Waals surface area contributed by atoms with E-state index in [1.54, 1.807) is 29.2 Å². The van der Waals surface area contributed by atoms with E-state index >= 15 is 0 Å². The molecular formula is C17H15BrN6OS. The summed E-state index contributed by atoms with van der Waals surface area (Å²) in [6.45, 7) is 3.96. The number of hydrogen-bond donors (Lipinski definition) is 1. The number of thioether (sulfide) groups is 1. The number of aromatic nitrogens is 5. The van der Waals surface area contributed by atoms with E-state index in [1.165, 1.54) is 11.8 Å². The highest BCUT2D eigenvalue weighted by molar-refractivity contribution is 9.10. The molecule has 0 unspecified atom stereocenters. The highest BCUT2D eigenvalue weighted by Crippen LogP contribution is 2.23. The lowest BCUT2D eigenvalue weighted by Gasteiger charge is -2.08. The Morgan fingerprint density at radius 2 is 2.00 bits per heavy atom. The number of hydrogen-bond acceptors (Lipinski definition) is 6. The Balaban J connectivity index is 1.93. The van der Waals surface area contributed by atoms with Crippen LogP contribution in [0.25, 0.3) is 5.69 Å². The maximum Gasteiger partial charge on any atom is 0.274 e. The first-order valence-electron chi connectivity index (χ1n) is 7.68.